The zero-order valence-electron chi connectivity index (χ0n) is 7.90. The standard InChI is InChI=1S/C10H11N3O/c1-11-10-12-9(13-14-10)7-8-5-3-2-4-6-8/h2-6H,7H2,1H3,(H,11,12,13). The van der Waals surface area contributed by atoms with Crippen LogP contribution in [0.3, 0.4) is 0 Å². The third-order valence-electron chi connectivity index (χ3n) is 1.89. The molecule has 0 fully saturated rings. The number of nitrogens with one attached hydrogen (secondary N) is 1. The molecule has 0 atom stereocenters. The van der Waals surface area contributed by atoms with E-state index in [9.17, 15) is 0 Å². The maximum Gasteiger partial charge on any atom is 0.321 e. The molecule has 0 aliphatic carbocycles. The summed E-state index contributed by atoms with van der Waals surface area (Å²) in [7, 11) is 1.75. The van der Waals surface area contributed by atoms with Crippen LogP contribution in [0.4, 0.5) is 6.01 Å². The molecule has 1 aromatic carbocycles. The van der Waals surface area contributed by atoms with Crippen molar-refractivity contribution >= 4 is 6.01 Å². The molecule has 2 aromatic rings. The summed E-state index contributed by atoms with van der Waals surface area (Å²) in [5.41, 5.74) is 1.18. The Bertz CT molecular complexity index is 397. The van der Waals surface area contributed by atoms with E-state index in [2.05, 4.69) is 15.5 Å². The number of benzene rings is 1. The summed E-state index contributed by atoms with van der Waals surface area (Å²) < 4.78 is 4.91. The number of aromatic nitrogens is 2. The van der Waals surface area contributed by atoms with Crippen molar-refractivity contribution in [2.75, 3.05) is 12.4 Å². The molecular formula is C10H11N3O. The van der Waals surface area contributed by atoms with Crippen molar-refractivity contribution in [1.29, 1.82) is 0 Å². The molecule has 72 valence electrons. The predicted octanol–water partition coefficient (Wildman–Crippen LogP) is 1.70. The largest absolute Gasteiger partial charge is 0.341 e. The van der Waals surface area contributed by atoms with Crippen LogP contribution in [-0.2, 0) is 6.42 Å². The van der Waals surface area contributed by atoms with Crippen LogP contribution in [0, 0.1) is 0 Å². The molecule has 0 radical (unpaired) electrons. The minimum Gasteiger partial charge on any atom is -0.341 e. The maximum atomic E-state index is 4.91. The van der Waals surface area contributed by atoms with Gasteiger partial charge in [-0.3, -0.25) is 0 Å². The lowest BCUT2D eigenvalue weighted by molar-refractivity contribution is 0.425. The summed E-state index contributed by atoms with van der Waals surface area (Å²) in [4.78, 5) is 4.14. The van der Waals surface area contributed by atoms with Gasteiger partial charge in [-0.2, -0.15) is 4.98 Å². The van der Waals surface area contributed by atoms with Gasteiger partial charge >= 0.3 is 6.01 Å². The molecule has 1 heterocycles. The minimum absolute atomic E-state index is 0.455. The van der Waals surface area contributed by atoms with Gasteiger partial charge in [0.2, 0.25) is 0 Å². The molecular weight excluding hydrogens is 178 g/mol. The van der Waals surface area contributed by atoms with Crippen LogP contribution >= 0.6 is 0 Å². The van der Waals surface area contributed by atoms with Crippen LogP contribution in [0.5, 0.6) is 0 Å². The van der Waals surface area contributed by atoms with E-state index >= 15 is 0 Å². The van der Waals surface area contributed by atoms with Crippen LogP contribution in [0.15, 0.2) is 34.9 Å². The number of rotatable bonds is 3. The zero-order chi connectivity index (χ0) is 9.80. The Morgan fingerprint density at radius 3 is 2.71 bits per heavy atom. The van der Waals surface area contributed by atoms with E-state index in [0.717, 1.165) is 0 Å². The minimum atomic E-state index is 0.455. The second-order valence-electron chi connectivity index (χ2n) is 2.93. The molecule has 0 saturated carbocycles. The van der Waals surface area contributed by atoms with Gasteiger partial charge in [-0.25, -0.2) is 0 Å². The molecule has 0 aliphatic heterocycles. The second-order valence-corrected chi connectivity index (χ2v) is 2.93. The van der Waals surface area contributed by atoms with Crippen molar-refractivity contribution in [2.24, 2.45) is 0 Å². The third-order valence-corrected chi connectivity index (χ3v) is 1.89. The van der Waals surface area contributed by atoms with Crippen molar-refractivity contribution in [3.8, 4) is 0 Å². The molecule has 0 bridgehead atoms. The quantitative estimate of drug-likeness (QED) is 0.798. The average molecular weight is 189 g/mol. The first-order valence-corrected chi connectivity index (χ1v) is 4.43. The highest BCUT2D eigenvalue weighted by molar-refractivity contribution is 5.21. The summed E-state index contributed by atoms with van der Waals surface area (Å²) in [6.45, 7) is 0. The lowest BCUT2D eigenvalue weighted by Gasteiger charge is -1.93. The van der Waals surface area contributed by atoms with E-state index in [4.69, 9.17) is 4.52 Å². The summed E-state index contributed by atoms with van der Waals surface area (Å²) in [5.74, 6) is 0.695. The Kier molecular flexibility index (Phi) is 2.44. The van der Waals surface area contributed by atoms with Crippen molar-refractivity contribution in [3.63, 3.8) is 0 Å². The molecule has 4 heteroatoms. The van der Waals surface area contributed by atoms with Gasteiger partial charge in [0.1, 0.15) is 0 Å². The molecule has 14 heavy (non-hydrogen) atoms. The Hall–Kier alpha value is -1.84. The van der Waals surface area contributed by atoms with Gasteiger partial charge in [-0.1, -0.05) is 35.5 Å². The zero-order valence-corrected chi connectivity index (χ0v) is 7.90. The number of hydrogen-bond donors (Lipinski definition) is 1. The molecule has 0 unspecified atom stereocenters. The fourth-order valence-corrected chi connectivity index (χ4v) is 1.21. The topological polar surface area (TPSA) is 51.0 Å². The molecule has 0 saturated heterocycles. The molecule has 0 spiro atoms. The Morgan fingerprint density at radius 1 is 1.29 bits per heavy atom. The van der Waals surface area contributed by atoms with Crippen molar-refractivity contribution in [1.82, 2.24) is 10.1 Å². The number of nitrogens with zero attached hydrogens (tertiary/aromatic N) is 2. The number of hydrogen-bond acceptors (Lipinski definition) is 4. The van der Waals surface area contributed by atoms with Gasteiger partial charge in [-0.05, 0) is 5.56 Å². The Morgan fingerprint density at radius 2 is 2.07 bits per heavy atom. The van der Waals surface area contributed by atoms with E-state index in [1.54, 1.807) is 7.05 Å². The first-order chi connectivity index (χ1) is 6.88. The fourth-order valence-electron chi connectivity index (χ4n) is 1.21. The summed E-state index contributed by atoms with van der Waals surface area (Å²) in [6.07, 6.45) is 0.700. The van der Waals surface area contributed by atoms with Gasteiger partial charge < -0.3 is 9.84 Å². The normalized spacial score (nSPS) is 10.1. The molecule has 0 aliphatic rings. The van der Waals surface area contributed by atoms with Crippen molar-refractivity contribution in [2.45, 2.75) is 6.42 Å². The summed E-state index contributed by atoms with van der Waals surface area (Å²) in [5, 5.41) is 6.63. The van der Waals surface area contributed by atoms with Gasteiger partial charge in [0.05, 0.1) is 0 Å². The smallest absolute Gasteiger partial charge is 0.321 e. The van der Waals surface area contributed by atoms with Crippen LogP contribution in [0.1, 0.15) is 11.4 Å². The average Bonchev–Trinajstić information content (AvgIpc) is 2.67. The molecule has 1 aromatic heterocycles. The highest BCUT2D eigenvalue weighted by Crippen LogP contribution is 2.08. The van der Waals surface area contributed by atoms with Gasteiger partial charge in [0, 0.05) is 13.5 Å². The Labute approximate surface area is 82.0 Å². The van der Waals surface area contributed by atoms with Gasteiger partial charge in [0.15, 0.2) is 5.82 Å². The van der Waals surface area contributed by atoms with E-state index in [-0.39, 0.29) is 0 Å². The lowest BCUT2D eigenvalue weighted by Crippen LogP contribution is -1.91. The SMILES string of the molecule is CNc1nc(Cc2ccccc2)no1. The molecule has 0 amide bonds. The van der Waals surface area contributed by atoms with Gasteiger partial charge in [-0.15, -0.1) is 0 Å². The predicted molar refractivity (Wildman–Crippen MR) is 53.1 cm³/mol. The van der Waals surface area contributed by atoms with E-state index in [0.29, 0.717) is 18.3 Å². The first-order valence-electron chi connectivity index (χ1n) is 4.43. The molecule has 4 nitrogen and oxygen atoms in total. The van der Waals surface area contributed by atoms with Crippen LogP contribution < -0.4 is 5.32 Å². The van der Waals surface area contributed by atoms with Crippen LogP contribution in [0.2, 0.25) is 0 Å². The van der Waals surface area contributed by atoms with Gasteiger partial charge in [0.25, 0.3) is 0 Å². The van der Waals surface area contributed by atoms with E-state index in [1.165, 1.54) is 5.56 Å². The lowest BCUT2D eigenvalue weighted by atomic mass is 10.1. The molecule has 2 rings (SSSR count). The number of anilines is 1. The highest BCUT2D eigenvalue weighted by Gasteiger charge is 2.04. The first kappa shape index (κ1) is 8.74. The highest BCUT2D eigenvalue weighted by atomic mass is 16.5. The van der Waals surface area contributed by atoms with Crippen molar-refractivity contribution < 1.29 is 4.52 Å². The van der Waals surface area contributed by atoms with Crippen LogP contribution in [-0.4, -0.2) is 17.2 Å². The maximum absolute atomic E-state index is 4.91. The Balaban J connectivity index is 2.11. The molecule has 1 N–H and O–H groups in total. The fraction of sp³-hybridized carbons (Fsp3) is 0.200. The summed E-state index contributed by atoms with van der Waals surface area (Å²) in [6, 6.07) is 10.5. The van der Waals surface area contributed by atoms with E-state index < -0.39 is 0 Å². The van der Waals surface area contributed by atoms with E-state index in [1.807, 2.05) is 30.3 Å². The monoisotopic (exact) mass is 189 g/mol. The van der Waals surface area contributed by atoms with Crippen molar-refractivity contribution in [3.05, 3.63) is 41.7 Å². The second kappa shape index (κ2) is 3.91. The van der Waals surface area contributed by atoms with Crippen LogP contribution in [0.25, 0.3) is 0 Å². The third kappa shape index (κ3) is 1.90. The summed E-state index contributed by atoms with van der Waals surface area (Å²) >= 11 is 0.